The first-order chi connectivity index (χ1) is 16.2. The number of hydrogen-bond acceptors (Lipinski definition) is 5. The van der Waals surface area contributed by atoms with Crippen molar-refractivity contribution >= 4 is 29.1 Å². The third-order valence-electron chi connectivity index (χ3n) is 5.51. The van der Waals surface area contributed by atoms with Crippen molar-refractivity contribution in [3.63, 3.8) is 0 Å². The maximum absolute atomic E-state index is 11.6. The predicted octanol–water partition coefficient (Wildman–Crippen LogP) is 7.00. The van der Waals surface area contributed by atoms with Gasteiger partial charge in [-0.3, -0.25) is 4.79 Å². The van der Waals surface area contributed by atoms with Crippen molar-refractivity contribution in [2.45, 2.75) is 26.2 Å². The van der Waals surface area contributed by atoms with Gasteiger partial charge in [-0.15, -0.1) is 0 Å². The van der Waals surface area contributed by atoms with Gasteiger partial charge in [-0.1, -0.05) is 54.1 Å². The van der Waals surface area contributed by atoms with Crippen LogP contribution in [-0.2, 0) is 10.2 Å². The minimum Gasteiger partial charge on any atom is -0.481 e. The molecule has 0 amide bonds. The van der Waals surface area contributed by atoms with Crippen molar-refractivity contribution in [2.75, 3.05) is 5.32 Å². The van der Waals surface area contributed by atoms with Crippen LogP contribution in [0.3, 0.4) is 0 Å². The van der Waals surface area contributed by atoms with Crippen LogP contribution in [0, 0.1) is 6.92 Å². The smallest absolute Gasteiger partial charge is 0.313 e. The fraction of sp³-hybridized carbons (Fsp3) is 0.148. The molecule has 0 aliphatic heterocycles. The summed E-state index contributed by atoms with van der Waals surface area (Å²) in [4.78, 5) is 20.6. The Labute approximate surface area is 203 Å². The summed E-state index contributed by atoms with van der Waals surface area (Å²) < 4.78 is 6.18. The van der Waals surface area contributed by atoms with Crippen molar-refractivity contribution in [1.82, 2.24) is 9.97 Å². The van der Waals surface area contributed by atoms with E-state index in [1.807, 2.05) is 49.4 Å². The number of aryl methyl sites for hydroxylation is 1. The number of hydrogen-bond donors (Lipinski definition) is 2. The Balaban J connectivity index is 1.62. The number of ether oxygens (including phenoxy) is 1. The molecule has 2 aromatic heterocycles. The van der Waals surface area contributed by atoms with E-state index in [4.69, 9.17) is 16.3 Å². The van der Waals surface area contributed by atoms with E-state index in [1.165, 1.54) is 0 Å². The van der Waals surface area contributed by atoms with Crippen LogP contribution in [0.2, 0.25) is 5.02 Å². The quantitative estimate of drug-likeness (QED) is 0.300. The molecule has 0 unspecified atom stereocenters. The van der Waals surface area contributed by atoms with Gasteiger partial charge in [0.1, 0.15) is 17.3 Å². The molecular weight excluding hydrogens is 450 g/mol. The summed E-state index contributed by atoms with van der Waals surface area (Å²) in [6.07, 6.45) is 1.63. The first kappa shape index (κ1) is 23.3. The van der Waals surface area contributed by atoms with Crippen molar-refractivity contribution in [3.05, 3.63) is 95.3 Å². The number of nitrogens with one attached hydrogen (secondary N) is 1. The summed E-state index contributed by atoms with van der Waals surface area (Å²) in [6.45, 7) is 5.20. The number of anilines is 2. The molecule has 6 nitrogen and oxygen atoms in total. The third-order valence-corrected chi connectivity index (χ3v) is 5.90. The number of benzene rings is 2. The Morgan fingerprint density at radius 2 is 1.79 bits per heavy atom. The van der Waals surface area contributed by atoms with Crippen LogP contribution in [0.4, 0.5) is 11.5 Å². The maximum Gasteiger partial charge on any atom is 0.313 e. The fourth-order valence-corrected chi connectivity index (χ4v) is 3.51. The molecule has 4 aromatic rings. The van der Waals surface area contributed by atoms with Crippen LogP contribution in [0.15, 0.2) is 79.0 Å². The lowest BCUT2D eigenvalue weighted by molar-refractivity contribution is -0.142. The van der Waals surface area contributed by atoms with Crippen molar-refractivity contribution < 1.29 is 14.6 Å². The summed E-state index contributed by atoms with van der Waals surface area (Å²) in [5.74, 6) is 0.746. The van der Waals surface area contributed by atoms with Crippen LogP contribution in [0.5, 0.6) is 11.5 Å². The Morgan fingerprint density at radius 3 is 2.53 bits per heavy atom. The molecule has 0 saturated heterocycles. The predicted molar refractivity (Wildman–Crippen MR) is 134 cm³/mol. The highest BCUT2D eigenvalue weighted by Gasteiger charge is 2.29. The molecule has 2 N–H and O–H groups in total. The summed E-state index contributed by atoms with van der Waals surface area (Å²) in [5, 5.41) is 13.3. The first-order valence-corrected chi connectivity index (χ1v) is 11.1. The number of aliphatic carboxylic acids is 1. The van der Waals surface area contributed by atoms with Crippen molar-refractivity contribution in [3.8, 4) is 22.8 Å². The standard InChI is InChI=1S/C27H24ClN3O3/c1-17-22(28)16-23(25(30-17)18-8-5-4-6-9-18)34-21-12-13-29-24(15-21)31-20-11-7-10-19(14-20)27(2,3)26(32)33/h4-16H,1-3H3,(H,29,31)(H,32,33). The highest BCUT2D eigenvalue weighted by Crippen LogP contribution is 2.35. The Hall–Kier alpha value is -3.90. The Morgan fingerprint density at radius 1 is 1.03 bits per heavy atom. The zero-order chi connectivity index (χ0) is 24.3. The van der Waals surface area contributed by atoms with Gasteiger partial charge in [-0.25, -0.2) is 9.97 Å². The molecule has 0 aliphatic rings. The van der Waals surface area contributed by atoms with Crippen molar-refractivity contribution in [2.24, 2.45) is 0 Å². The molecule has 7 heteroatoms. The molecule has 0 saturated carbocycles. The molecule has 0 atom stereocenters. The van der Waals surface area contributed by atoms with Crippen LogP contribution in [0.25, 0.3) is 11.3 Å². The number of rotatable bonds is 7. The average Bonchev–Trinajstić information content (AvgIpc) is 2.82. The third kappa shape index (κ3) is 5.02. The highest BCUT2D eigenvalue weighted by molar-refractivity contribution is 6.31. The highest BCUT2D eigenvalue weighted by atomic mass is 35.5. The van der Waals surface area contributed by atoms with E-state index < -0.39 is 11.4 Å². The molecule has 4 rings (SSSR count). The van der Waals surface area contributed by atoms with Gasteiger partial charge in [-0.2, -0.15) is 0 Å². The molecule has 0 spiro atoms. The Bertz CT molecular complexity index is 1340. The van der Waals surface area contributed by atoms with E-state index in [0.717, 1.165) is 11.3 Å². The van der Waals surface area contributed by atoms with Gasteiger partial charge >= 0.3 is 5.97 Å². The van der Waals surface area contributed by atoms with E-state index in [0.29, 0.717) is 39.3 Å². The van der Waals surface area contributed by atoms with E-state index in [1.54, 1.807) is 50.4 Å². The van der Waals surface area contributed by atoms with Gasteiger partial charge in [0.25, 0.3) is 0 Å². The van der Waals surface area contributed by atoms with Gasteiger partial charge in [-0.05, 0) is 44.5 Å². The second kappa shape index (κ2) is 9.53. The first-order valence-electron chi connectivity index (χ1n) is 10.7. The van der Waals surface area contributed by atoms with Crippen LogP contribution < -0.4 is 10.1 Å². The average molecular weight is 474 g/mol. The van der Waals surface area contributed by atoms with Crippen LogP contribution in [-0.4, -0.2) is 21.0 Å². The summed E-state index contributed by atoms with van der Waals surface area (Å²) in [7, 11) is 0. The molecule has 2 heterocycles. The zero-order valence-corrected chi connectivity index (χ0v) is 19.8. The summed E-state index contributed by atoms with van der Waals surface area (Å²) in [6, 6.07) is 22.3. The number of nitrogens with zero attached hydrogens (tertiary/aromatic N) is 2. The number of halogens is 1. The van der Waals surface area contributed by atoms with Gasteiger partial charge in [0.05, 0.1) is 16.1 Å². The second-order valence-corrected chi connectivity index (χ2v) is 8.79. The summed E-state index contributed by atoms with van der Waals surface area (Å²) >= 11 is 6.34. The zero-order valence-electron chi connectivity index (χ0n) is 19.0. The minimum atomic E-state index is -1.01. The van der Waals surface area contributed by atoms with E-state index >= 15 is 0 Å². The molecule has 0 radical (unpaired) electrons. The summed E-state index contributed by atoms with van der Waals surface area (Å²) in [5.41, 5.74) is 2.72. The lowest BCUT2D eigenvalue weighted by atomic mass is 9.84. The normalized spacial score (nSPS) is 11.2. The van der Waals surface area contributed by atoms with E-state index in [9.17, 15) is 9.90 Å². The lowest BCUT2D eigenvalue weighted by Crippen LogP contribution is -2.28. The molecule has 0 aliphatic carbocycles. The van der Waals surface area contributed by atoms with Gasteiger partial charge in [0.2, 0.25) is 0 Å². The van der Waals surface area contributed by atoms with Crippen LogP contribution in [0.1, 0.15) is 25.1 Å². The number of pyridine rings is 2. The molecular formula is C27H24ClN3O3. The maximum atomic E-state index is 11.6. The molecule has 0 fully saturated rings. The number of carbonyl (C=O) groups is 1. The number of aromatic nitrogens is 2. The minimum absolute atomic E-state index is 0.514. The largest absolute Gasteiger partial charge is 0.481 e. The molecule has 34 heavy (non-hydrogen) atoms. The fourth-order valence-electron chi connectivity index (χ4n) is 3.37. The molecule has 2 aromatic carbocycles. The second-order valence-electron chi connectivity index (χ2n) is 8.38. The van der Waals surface area contributed by atoms with Crippen molar-refractivity contribution in [1.29, 1.82) is 0 Å². The molecule has 0 bridgehead atoms. The van der Waals surface area contributed by atoms with E-state index in [-0.39, 0.29) is 0 Å². The van der Waals surface area contributed by atoms with E-state index in [2.05, 4.69) is 15.3 Å². The van der Waals surface area contributed by atoms with Gasteiger partial charge in [0.15, 0.2) is 5.75 Å². The van der Waals surface area contributed by atoms with Gasteiger partial charge < -0.3 is 15.2 Å². The SMILES string of the molecule is Cc1nc(-c2ccccc2)c(Oc2ccnc(Nc3cccc(C(C)(C)C(=O)O)c3)c2)cc1Cl. The topological polar surface area (TPSA) is 84.3 Å². The monoisotopic (exact) mass is 473 g/mol. The van der Waals surface area contributed by atoms with Crippen LogP contribution >= 0.6 is 11.6 Å². The lowest BCUT2D eigenvalue weighted by Gasteiger charge is -2.20. The number of carboxylic acid groups (broad SMARTS) is 1. The molecule has 172 valence electrons. The number of carboxylic acids is 1. The Kier molecular flexibility index (Phi) is 6.52. The van der Waals surface area contributed by atoms with Gasteiger partial charge in [0, 0.05) is 29.6 Å².